The molecule has 2 heterocycles. The summed E-state index contributed by atoms with van der Waals surface area (Å²) in [5, 5.41) is 0. The van der Waals surface area contributed by atoms with E-state index < -0.39 is 0 Å². The maximum atomic E-state index is 13.7. The van der Waals surface area contributed by atoms with Gasteiger partial charge in [0.2, 0.25) is 0 Å². The molecule has 1 aliphatic carbocycles. The minimum absolute atomic E-state index is 0.289. The number of fused-ring (bicyclic) bond motifs is 2. The molecular formula is C12H17FN4. The Morgan fingerprint density at radius 2 is 2.00 bits per heavy atom. The highest BCUT2D eigenvalue weighted by Crippen LogP contribution is 2.37. The van der Waals surface area contributed by atoms with Gasteiger partial charge in [-0.05, 0) is 31.6 Å². The quantitative estimate of drug-likeness (QED) is 0.793. The van der Waals surface area contributed by atoms with E-state index in [-0.39, 0.29) is 11.9 Å². The van der Waals surface area contributed by atoms with Crippen molar-refractivity contribution in [2.24, 2.45) is 17.6 Å². The Morgan fingerprint density at radius 1 is 1.35 bits per heavy atom. The molecule has 1 aromatic heterocycles. The van der Waals surface area contributed by atoms with Crippen molar-refractivity contribution in [3.8, 4) is 0 Å². The van der Waals surface area contributed by atoms with Crippen LogP contribution >= 0.6 is 0 Å². The van der Waals surface area contributed by atoms with Crippen LogP contribution in [0.3, 0.4) is 0 Å². The van der Waals surface area contributed by atoms with Gasteiger partial charge >= 0.3 is 0 Å². The number of halogens is 1. The van der Waals surface area contributed by atoms with Crippen molar-refractivity contribution in [3.63, 3.8) is 0 Å². The van der Waals surface area contributed by atoms with Gasteiger partial charge in [0.15, 0.2) is 11.6 Å². The number of hydrogen-bond acceptors (Lipinski definition) is 4. The van der Waals surface area contributed by atoms with E-state index >= 15 is 0 Å². The molecule has 0 aromatic carbocycles. The summed E-state index contributed by atoms with van der Waals surface area (Å²) < 4.78 is 13.7. The lowest BCUT2D eigenvalue weighted by atomic mass is 9.93. The molecule has 2 N–H and O–H groups in total. The second-order valence-corrected chi connectivity index (χ2v) is 5.17. The van der Waals surface area contributed by atoms with Crippen molar-refractivity contribution in [1.82, 2.24) is 9.97 Å². The van der Waals surface area contributed by atoms with Crippen molar-refractivity contribution < 1.29 is 4.39 Å². The Balaban J connectivity index is 1.88. The topological polar surface area (TPSA) is 55.0 Å². The van der Waals surface area contributed by atoms with E-state index in [1.54, 1.807) is 6.92 Å². The van der Waals surface area contributed by atoms with Crippen LogP contribution in [0, 0.1) is 24.6 Å². The van der Waals surface area contributed by atoms with Gasteiger partial charge < -0.3 is 10.6 Å². The van der Waals surface area contributed by atoms with Crippen molar-refractivity contribution >= 4 is 5.82 Å². The van der Waals surface area contributed by atoms with Crippen molar-refractivity contribution in [2.45, 2.75) is 25.8 Å². The summed E-state index contributed by atoms with van der Waals surface area (Å²) in [7, 11) is 0. The molecule has 4 nitrogen and oxygen atoms in total. The smallest absolute Gasteiger partial charge is 0.183 e. The molecule has 92 valence electrons. The second kappa shape index (κ2) is 3.91. The standard InChI is InChI=1S/C12H17FN4/c1-7-15-4-10(13)12(16-7)17-5-8-2-3-9(6-17)11(8)14/h4,8-9,11H,2-3,5-6,14H2,1H3/t8-,9?,11-/m0/s1. The summed E-state index contributed by atoms with van der Waals surface area (Å²) in [4.78, 5) is 10.1. The van der Waals surface area contributed by atoms with Gasteiger partial charge in [-0.15, -0.1) is 0 Å². The van der Waals surface area contributed by atoms with Gasteiger partial charge in [-0.3, -0.25) is 0 Å². The number of aromatic nitrogens is 2. The predicted octanol–water partition coefficient (Wildman–Crippen LogP) is 1.10. The molecule has 3 rings (SSSR count). The number of nitrogens with two attached hydrogens (primary N) is 1. The summed E-state index contributed by atoms with van der Waals surface area (Å²) in [6.45, 7) is 3.43. The first-order chi connectivity index (χ1) is 8.15. The van der Waals surface area contributed by atoms with Crippen LogP contribution in [0.5, 0.6) is 0 Å². The molecule has 2 aliphatic rings. The zero-order valence-corrected chi connectivity index (χ0v) is 9.93. The fourth-order valence-corrected chi connectivity index (χ4v) is 3.10. The van der Waals surface area contributed by atoms with Gasteiger partial charge in [0.1, 0.15) is 5.82 Å². The van der Waals surface area contributed by atoms with Crippen LogP contribution in [0.4, 0.5) is 10.2 Å². The number of piperidine rings is 1. The Kier molecular flexibility index (Phi) is 2.50. The second-order valence-electron chi connectivity index (χ2n) is 5.17. The molecule has 5 heteroatoms. The highest BCUT2D eigenvalue weighted by atomic mass is 19.1. The molecule has 2 fully saturated rings. The fraction of sp³-hybridized carbons (Fsp3) is 0.667. The summed E-state index contributed by atoms with van der Waals surface area (Å²) in [6, 6.07) is 0.289. The molecule has 0 radical (unpaired) electrons. The molecule has 0 spiro atoms. The third-order valence-electron chi connectivity index (χ3n) is 4.05. The SMILES string of the molecule is Cc1ncc(F)c(N2CC3CC[C@@H](C2)[C@@H]3N)n1. The number of aryl methyl sites for hydroxylation is 1. The lowest BCUT2D eigenvalue weighted by Crippen LogP contribution is -2.49. The molecule has 1 unspecified atom stereocenters. The first-order valence-electron chi connectivity index (χ1n) is 6.15. The van der Waals surface area contributed by atoms with Gasteiger partial charge in [0, 0.05) is 19.1 Å². The van der Waals surface area contributed by atoms with E-state index in [0.29, 0.717) is 23.5 Å². The lowest BCUT2D eigenvalue weighted by molar-refractivity contribution is 0.352. The first-order valence-corrected chi connectivity index (χ1v) is 6.15. The van der Waals surface area contributed by atoms with E-state index in [4.69, 9.17) is 5.73 Å². The van der Waals surface area contributed by atoms with Gasteiger partial charge in [0.05, 0.1) is 6.20 Å². The van der Waals surface area contributed by atoms with Crippen LogP contribution in [0.1, 0.15) is 18.7 Å². The number of nitrogens with zero attached hydrogens (tertiary/aromatic N) is 3. The summed E-state index contributed by atoms with van der Waals surface area (Å²) >= 11 is 0. The van der Waals surface area contributed by atoms with E-state index in [1.807, 2.05) is 4.90 Å². The summed E-state index contributed by atoms with van der Waals surface area (Å²) in [6.07, 6.45) is 3.58. The third-order valence-corrected chi connectivity index (χ3v) is 4.05. The molecule has 1 saturated heterocycles. The Bertz CT molecular complexity index is 423. The van der Waals surface area contributed by atoms with Crippen LogP contribution in [0.2, 0.25) is 0 Å². The summed E-state index contributed by atoms with van der Waals surface area (Å²) in [5.74, 6) is 1.71. The molecule has 1 aliphatic heterocycles. The van der Waals surface area contributed by atoms with E-state index in [1.165, 1.54) is 6.20 Å². The minimum atomic E-state index is -0.328. The molecular weight excluding hydrogens is 219 g/mol. The van der Waals surface area contributed by atoms with Crippen LogP contribution in [-0.2, 0) is 0 Å². The van der Waals surface area contributed by atoms with E-state index in [9.17, 15) is 4.39 Å². The lowest BCUT2D eigenvalue weighted by Gasteiger charge is -2.36. The minimum Gasteiger partial charge on any atom is -0.353 e. The fourth-order valence-electron chi connectivity index (χ4n) is 3.10. The number of anilines is 1. The van der Waals surface area contributed by atoms with Crippen molar-refractivity contribution in [1.29, 1.82) is 0 Å². The van der Waals surface area contributed by atoms with Crippen LogP contribution in [0.15, 0.2) is 6.20 Å². The summed E-state index contributed by atoms with van der Waals surface area (Å²) in [5.41, 5.74) is 6.14. The molecule has 3 atom stereocenters. The molecule has 0 amide bonds. The first kappa shape index (κ1) is 10.9. The maximum Gasteiger partial charge on any atom is 0.183 e. The van der Waals surface area contributed by atoms with Crippen LogP contribution in [-0.4, -0.2) is 29.1 Å². The Morgan fingerprint density at radius 3 is 2.65 bits per heavy atom. The largest absolute Gasteiger partial charge is 0.353 e. The highest BCUT2D eigenvalue weighted by molar-refractivity contribution is 5.40. The van der Waals surface area contributed by atoms with Gasteiger partial charge in [0.25, 0.3) is 0 Å². The van der Waals surface area contributed by atoms with Gasteiger partial charge in [-0.25, -0.2) is 14.4 Å². The molecule has 2 bridgehead atoms. The molecule has 1 aromatic rings. The Hall–Kier alpha value is -1.23. The van der Waals surface area contributed by atoms with Crippen LogP contribution in [0.25, 0.3) is 0 Å². The zero-order chi connectivity index (χ0) is 12.0. The van der Waals surface area contributed by atoms with E-state index in [0.717, 1.165) is 25.9 Å². The monoisotopic (exact) mass is 236 g/mol. The number of hydrogen-bond donors (Lipinski definition) is 1. The number of rotatable bonds is 1. The van der Waals surface area contributed by atoms with E-state index in [2.05, 4.69) is 9.97 Å². The Labute approximate surface area is 100 Å². The van der Waals surface area contributed by atoms with Crippen molar-refractivity contribution in [2.75, 3.05) is 18.0 Å². The van der Waals surface area contributed by atoms with Crippen molar-refractivity contribution in [3.05, 3.63) is 17.8 Å². The zero-order valence-electron chi connectivity index (χ0n) is 9.93. The molecule has 1 saturated carbocycles. The molecule has 17 heavy (non-hydrogen) atoms. The van der Waals surface area contributed by atoms with Gasteiger partial charge in [-0.1, -0.05) is 0 Å². The normalized spacial score (nSPS) is 31.9. The average Bonchev–Trinajstić information content (AvgIpc) is 2.55. The highest BCUT2D eigenvalue weighted by Gasteiger charge is 2.40. The van der Waals surface area contributed by atoms with Gasteiger partial charge in [-0.2, -0.15) is 0 Å². The predicted molar refractivity (Wildman–Crippen MR) is 63.1 cm³/mol. The maximum absolute atomic E-state index is 13.7. The third kappa shape index (κ3) is 1.78. The van der Waals surface area contributed by atoms with Crippen LogP contribution < -0.4 is 10.6 Å². The average molecular weight is 236 g/mol.